The Balaban J connectivity index is 4.57. The van der Waals surface area contributed by atoms with Gasteiger partial charge in [0.25, 0.3) is 0 Å². The summed E-state index contributed by atoms with van der Waals surface area (Å²) in [6.07, 6.45) is 3.16. The Kier molecular flexibility index (Phi) is 9.40. The predicted octanol–water partition coefficient (Wildman–Crippen LogP) is 2.74. The lowest BCUT2D eigenvalue weighted by molar-refractivity contribution is -0.160. The van der Waals surface area contributed by atoms with Crippen molar-refractivity contribution in [3.63, 3.8) is 0 Å². The molecule has 0 radical (unpaired) electrons. The van der Waals surface area contributed by atoms with Gasteiger partial charge in [-0.25, -0.2) is 4.79 Å². The number of nitrogens with two attached hydrogens (primary N) is 1. The highest BCUT2D eigenvalue weighted by molar-refractivity contribution is 6.00. The molecule has 140 valence electrons. The maximum absolute atomic E-state index is 12.3. The number of ether oxygens (including phenoxy) is 3. The van der Waals surface area contributed by atoms with Crippen molar-refractivity contribution >= 4 is 11.8 Å². The normalized spacial score (nSPS) is 15.3. The number of ketones is 1. The van der Waals surface area contributed by atoms with E-state index in [9.17, 15) is 9.59 Å². The van der Waals surface area contributed by atoms with E-state index in [0.29, 0.717) is 0 Å². The van der Waals surface area contributed by atoms with Gasteiger partial charge in [-0.3, -0.25) is 4.79 Å². The molecule has 6 nitrogen and oxygen atoms in total. The molecule has 0 aliphatic carbocycles. The topological polar surface area (TPSA) is 87.9 Å². The molecule has 2 unspecified atom stereocenters. The van der Waals surface area contributed by atoms with Crippen molar-refractivity contribution in [2.45, 2.75) is 84.8 Å². The van der Waals surface area contributed by atoms with Crippen LogP contribution in [0, 0.1) is 0 Å². The zero-order chi connectivity index (χ0) is 19.0. The van der Waals surface area contributed by atoms with Gasteiger partial charge in [-0.1, -0.05) is 13.8 Å². The van der Waals surface area contributed by atoms with E-state index < -0.39 is 17.8 Å². The molecule has 0 saturated heterocycles. The van der Waals surface area contributed by atoms with E-state index in [1.54, 1.807) is 27.7 Å². The molecular formula is C18H33NO5. The van der Waals surface area contributed by atoms with Gasteiger partial charge in [0, 0.05) is 6.08 Å². The van der Waals surface area contributed by atoms with Gasteiger partial charge in [0.05, 0.1) is 11.7 Å². The number of rotatable bonds is 11. The predicted molar refractivity (Wildman–Crippen MR) is 93.5 cm³/mol. The SMILES string of the molecule is CCC(C)(CC)OC(C)(C)C(=O)/C=C/C(=O)OCC(C)OC(C)N. The second-order valence-electron chi connectivity index (χ2n) is 6.75. The van der Waals surface area contributed by atoms with E-state index in [0.717, 1.165) is 18.9 Å². The Morgan fingerprint density at radius 1 is 1.08 bits per heavy atom. The first kappa shape index (κ1) is 22.8. The molecule has 2 N–H and O–H groups in total. The van der Waals surface area contributed by atoms with E-state index in [2.05, 4.69) is 0 Å². The van der Waals surface area contributed by atoms with E-state index in [4.69, 9.17) is 19.9 Å². The minimum Gasteiger partial charge on any atom is -0.460 e. The van der Waals surface area contributed by atoms with Crippen LogP contribution < -0.4 is 5.73 Å². The average molecular weight is 343 g/mol. The first-order valence-corrected chi connectivity index (χ1v) is 8.46. The van der Waals surface area contributed by atoms with E-state index in [-0.39, 0.29) is 24.1 Å². The van der Waals surface area contributed by atoms with Crippen LogP contribution in [-0.2, 0) is 23.8 Å². The quantitative estimate of drug-likeness (QED) is 0.352. The first-order chi connectivity index (χ1) is 11.0. The van der Waals surface area contributed by atoms with Crippen LogP contribution in [0.5, 0.6) is 0 Å². The molecule has 0 aromatic rings. The van der Waals surface area contributed by atoms with E-state index in [1.165, 1.54) is 6.08 Å². The molecule has 6 heteroatoms. The average Bonchev–Trinajstić information content (AvgIpc) is 2.49. The van der Waals surface area contributed by atoms with Crippen molar-refractivity contribution in [3.8, 4) is 0 Å². The summed E-state index contributed by atoms with van der Waals surface area (Å²) in [5, 5.41) is 0. The first-order valence-electron chi connectivity index (χ1n) is 8.46. The molecular weight excluding hydrogens is 310 g/mol. The van der Waals surface area contributed by atoms with Gasteiger partial charge >= 0.3 is 5.97 Å². The second kappa shape index (κ2) is 9.91. The molecule has 0 amide bonds. The summed E-state index contributed by atoms with van der Waals surface area (Å²) in [5.74, 6) is -0.888. The zero-order valence-corrected chi connectivity index (χ0v) is 16.0. The van der Waals surface area contributed by atoms with Crippen molar-refractivity contribution < 1.29 is 23.8 Å². The van der Waals surface area contributed by atoms with Crippen molar-refractivity contribution in [1.82, 2.24) is 0 Å². The lowest BCUT2D eigenvalue weighted by Gasteiger charge is -2.36. The Morgan fingerprint density at radius 2 is 1.62 bits per heavy atom. The summed E-state index contributed by atoms with van der Waals surface area (Å²) in [7, 11) is 0. The largest absolute Gasteiger partial charge is 0.460 e. The molecule has 0 rings (SSSR count). The van der Waals surface area contributed by atoms with Gasteiger partial charge in [-0.15, -0.1) is 0 Å². The van der Waals surface area contributed by atoms with Gasteiger partial charge < -0.3 is 19.9 Å². The van der Waals surface area contributed by atoms with Crippen LogP contribution >= 0.6 is 0 Å². The fourth-order valence-electron chi connectivity index (χ4n) is 2.06. The minimum absolute atomic E-state index is 0.0720. The van der Waals surface area contributed by atoms with Gasteiger partial charge in [0.2, 0.25) is 0 Å². The maximum atomic E-state index is 12.3. The fraction of sp³-hybridized carbons (Fsp3) is 0.778. The highest BCUT2D eigenvalue weighted by Gasteiger charge is 2.34. The summed E-state index contributed by atoms with van der Waals surface area (Å²) in [6, 6.07) is 0. The summed E-state index contributed by atoms with van der Waals surface area (Å²) < 4.78 is 16.2. The van der Waals surface area contributed by atoms with Crippen LogP contribution in [0.25, 0.3) is 0 Å². The molecule has 2 atom stereocenters. The van der Waals surface area contributed by atoms with Gasteiger partial charge in [0.15, 0.2) is 5.78 Å². The maximum Gasteiger partial charge on any atom is 0.330 e. The van der Waals surface area contributed by atoms with Gasteiger partial charge in [0.1, 0.15) is 18.4 Å². The monoisotopic (exact) mass is 343 g/mol. The lowest BCUT2D eigenvalue weighted by atomic mass is 9.95. The van der Waals surface area contributed by atoms with Crippen molar-refractivity contribution in [2.75, 3.05) is 6.61 Å². The molecule has 0 heterocycles. The number of carbonyl (C=O) groups excluding carboxylic acids is 2. The van der Waals surface area contributed by atoms with Crippen molar-refractivity contribution in [2.24, 2.45) is 5.73 Å². The number of hydrogen-bond donors (Lipinski definition) is 1. The van der Waals surface area contributed by atoms with Gasteiger partial charge in [-0.05, 0) is 53.5 Å². The highest BCUT2D eigenvalue weighted by atomic mass is 16.6. The molecule has 0 aromatic carbocycles. The van der Waals surface area contributed by atoms with Crippen LogP contribution in [0.1, 0.15) is 61.3 Å². The van der Waals surface area contributed by atoms with Gasteiger partial charge in [-0.2, -0.15) is 0 Å². The second-order valence-corrected chi connectivity index (χ2v) is 6.75. The number of carbonyl (C=O) groups is 2. The van der Waals surface area contributed by atoms with Crippen LogP contribution in [0.4, 0.5) is 0 Å². The summed E-state index contributed by atoms with van der Waals surface area (Å²) in [4.78, 5) is 24.0. The third-order valence-corrected chi connectivity index (χ3v) is 3.87. The lowest BCUT2D eigenvalue weighted by Crippen LogP contribution is -2.43. The summed E-state index contributed by atoms with van der Waals surface area (Å²) in [5.41, 5.74) is 4.10. The third kappa shape index (κ3) is 8.57. The summed E-state index contributed by atoms with van der Waals surface area (Å²) in [6.45, 7) is 12.9. The van der Waals surface area contributed by atoms with E-state index in [1.807, 2.05) is 20.8 Å². The Morgan fingerprint density at radius 3 is 2.08 bits per heavy atom. The number of hydrogen-bond acceptors (Lipinski definition) is 6. The molecule has 0 aliphatic rings. The molecule has 0 fully saturated rings. The van der Waals surface area contributed by atoms with Crippen LogP contribution in [-0.4, -0.2) is 41.9 Å². The van der Waals surface area contributed by atoms with Crippen molar-refractivity contribution in [3.05, 3.63) is 12.2 Å². The smallest absolute Gasteiger partial charge is 0.330 e. The number of esters is 1. The molecule has 0 bridgehead atoms. The molecule has 0 aliphatic heterocycles. The highest BCUT2D eigenvalue weighted by Crippen LogP contribution is 2.27. The summed E-state index contributed by atoms with van der Waals surface area (Å²) >= 11 is 0. The molecule has 0 saturated carbocycles. The Labute approximate surface area is 145 Å². The standard InChI is InChI=1S/C18H33NO5/c1-8-18(7,9-2)24-17(5,6)15(20)10-11-16(21)22-12-13(3)23-14(4)19/h10-11,13-14H,8-9,12,19H2,1-7H3/b11-10+. The van der Waals surface area contributed by atoms with Crippen LogP contribution in [0.3, 0.4) is 0 Å². The third-order valence-electron chi connectivity index (χ3n) is 3.87. The Hall–Kier alpha value is -1.24. The van der Waals surface area contributed by atoms with Crippen LogP contribution in [0.15, 0.2) is 12.2 Å². The van der Waals surface area contributed by atoms with Crippen LogP contribution in [0.2, 0.25) is 0 Å². The minimum atomic E-state index is -1.01. The zero-order valence-electron chi connectivity index (χ0n) is 16.0. The molecule has 0 aromatic heterocycles. The van der Waals surface area contributed by atoms with Crippen molar-refractivity contribution in [1.29, 1.82) is 0 Å². The van der Waals surface area contributed by atoms with E-state index >= 15 is 0 Å². The molecule has 24 heavy (non-hydrogen) atoms. The Bertz CT molecular complexity index is 439. The fourth-order valence-corrected chi connectivity index (χ4v) is 2.06. The molecule has 0 spiro atoms.